The lowest BCUT2D eigenvalue weighted by Gasteiger charge is -2.21. The Hall–Kier alpha value is -2.05. The Morgan fingerprint density at radius 2 is 2.07 bits per heavy atom. The van der Waals surface area contributed by atoms with Gasteiger partial charge in [0.2, 0.25) is 0 Å². The second kappa shape index (κ2) is 9.43. The lowest BCUT2D eigenvalue weighted by molar-refractivity contribution is -0.697. The normalized spacial score (nSPS) is 16.3. The Morgan fingerprint density at radius 3 is 2.79 bits per heavy atom. The maximum atomic E-state index is 12.4. The standard InChI is InChI=1S/C22H32N2O4/c1-4-27-22(26)21-15(2)24(3)20-11-10-18(12-19(20)21)28-14-17(25)13-23-16-8-6-5-7-9-16/h10-12,16-17,23,25H,4-9,13-14H2,1-3H3/p+1. The second-order valence-electron chi connectivity index (χ2n) is 7.75. The SMILES string of the molecule is CCOC(=O)c1c(C)n(C)c2ccc(OCC(O)C[NH2+]C3CCCCC3)cc12. The highest BCUT2D eigenvalue weighted by atomic mass is 16.5. The van der Waals surface area contributed by atoms with Crippen LogP contribution >= 0.6 is 0 Å². The van der Waals surface area contributed by atoms with Gasteiger partial charge in [0.25, 0.3) is 0 Å². The minimum Gasteiger partial charge on any atom is -0.491 e. The summed E-state index contributed by atoms with van der Waals surface area (Å²) in [6.45, 7) is 4.96. The van der Waals surface area contributed by atoms with E-state index in [4.69, 9.17) is 9.47 Å². The molecule has 6 nitrogen and oxygen atoms in total. The first-order valence-electron chi connectivity index (χ1n) is 10.4. The van der Waals surface area contributed by atoms with Gasteiger partial charge in [-0.1, -0.05) is 6.42 Å². The molecule has 3 N–H and O–H groups in total. The number of hydrogen-bond donors (Lipinski definition) is 2. The molecular formula is C22H33N2O4+. The van der Waals surface area contributed by atoms with Crippen molar-refractivity contribution in [3.63, 3.8) is 0 Å². The van der Waals surface area contributed by atoms with Crippen LogP contribution < -0.4 is 10.1 Å². The van der Waals surface area contributed by atoms with E-state index >= 15 is 0 Å². The third-order valence-electron chi connectivity index (χ3n) is 5.78. The van der Waals surface area contributed by atoms with Crippen molar-refractivity contribution in [2.24, 2.45) is 7.05 Å². The molecule has 1 aromatic carbocycles. The van der Waals surface area contributed by atoms with E-state index < -0.39 is 6.10 Å². The van der Waals surface area contributed by atoms with E-state index in [0.29, 0.717) is 30.5 Å². The summed E-state index contributed by atoms with van der Waals surface area (Å²) < 4.78 is 13.0. The number of aryl methyl sites for hydroxylation is 1. The summed E-state index contributed by atoms with van der Waals surface area (Å²) in [6, 6.07) is 6.33. The number of quaternary nitrogens is 1. The largest absolute Gasteiger partial charge is 0.491 e. The van der Waals surface area contributed by atoms with Crippen molar-refractivity contribution in [2.45, 2.75) is 58.1 Å². The average molecular weight is 390 g/mol. The number of carbonyl (C=O) groups excluding carboxylic acids is 1. The van der Waals surface area contributed by atoms with Crippen LogP contribution in [0.25, 0.3) is 10.9 Å². The average Bonchev–Trinajstić information content (AvgIpc) is 2.95. The number of aliphatic hydroxyl groups is 1. The molecule has 1 fully saturated rings. The van der Waals surface area contributed by atoms with Gasteiger partial charge in [-0.25, -0.2) is 4.79 Å². The van der Waals surface area contributed by atoms with Crippen molar-refractivity contribution < 1.29 is 24.7 Å². The molecule has 1 saturated carbocycles. The highest BCUT2D eigenvalue weighted by Gasteiger charge is 2.21. The molecule has 154 valence electrons. The van der Waals surface area contributed by atoms with Gasteiger partial charge in [0.05, 0.1) is 18.2 Å². The number of hydrogen-bond acceptors (Lipinski definition) is 4. The third-order valence-corrected chi connectivity index (χ3v) is 5.78. The van der Waals surface area contributed by atoms with Gasteiger partial charge in [-0.3, -0.25) is 0 Å². The lowest BCUT2D eigenvalue weighted by atomic mass is 9.95. The molecule has 1 unspecified atom stereocenters. The topological polar surface area (TPSA) is 77.3 Å². The van der Waals surface area contributed by atoms with Crippen molar-refractivity contribution in [1.82, 2.24) is 4.57 Å². The zero-order chi connectivity index (χ0) is 20.1. The van der Waals surface area contributed by atoms with Gasteiger partial charge in [-0.05, 0) is 57.7 Å². The van der Waals surface area contributed by atoms with Gasteiger partial charge in [0.15, 0.2) is 0 Å². The summed E-state index contributed by atoms with van der Waals surface area (Å²) in [6.07, 6.45) is 5.91. The Balaban J connectivity index is 1.64. The van der Waals surface area contributed by atoms with Crippen LogP contribution in [0.3, 0.4) is 0 Å². The summed E-state index contributed by atoms with van der Waals surface area (Å²) in [4.78, 5) is 12.4. The van der Waals surface area contributed by atoms with Crippen molar-refractivity contribution in [3.8, 4) is 5.75 Å². The Morgan fingerprint density at radius 1 is 1.32 bits per heavy atom. The fourth-order valence-corrected chi connectivity index (χ4v) is 4.08. The predicted molar refractivity (Wildman–Crippen MR) is 109 cm³/mol. The van der Waals surface area contributed by atoms with Crippen molar-refractivity contribution in [1.29, 1.82) is 0 Å². The summed E-state index contributed by atoms with van der Waals surface area (Å²) in [5, 5.41) is 13.4. The minimum atomic E-state index is -0.514. The van der Waals surface area contributed by atoms with E-state index in [1.165, 1.54) is 32.1 Å². The molecule has 28 heavy (non-hydrogen) atoms. The molecule has 1 aromatic heterocycles. The van der Waals surface area contributed by atoms with Crippen LogP contribution in [0, 0.1) is 6.92 Å². The molecule has 3 rings (SSSR count). The van der Waals surface area contributed by atoms with Crippen molar-refractivity contribution >= 4 is 16.9 Å². The monoisotopic (exact) mass is 389 g/mol. The fraction of sp³-hybridized carbons (Fsp3) is 0.591. The van der Waals surface area contributed by atoms with Gasteiger partial charge in [0.1, 0.15) is 25.0 Å². The molecule has 1 aliphatic carbocycles. The van der Waals surface area contributed by atoms with E-state index in [1.54, 1.807) is 6.92 Å². The number of esters is 1. The molecular weight excluding hydrogens is 356 g/mol. The van der Waals surface area contributed by atoms with Crippen LogP contribution in [-0.2, 0) is 11.8 Å². The van der Waals surface area contributed by atoms with Crippen LogP contribution in [0.1, 0.15) is 55.1 Å². The van der Waals surface area contributed by atoms with Crippen LogP contribution in [0.15, 0.2) is 18.2 Å². The second-order valence-corrected chi connectivity index (χ2v) is 7.75. The molecule has 0 radical (unpaired) electrons. The molecule has 0 bridgehead atoms. The number of nitrogens with zero attached hydrogens (tertiary/aromatic N) is 1. The molecule has 1 aliphatic rings. The number of ether oxygens (including phenoxy) is 2. The van der Waals surface area contributed by atoms with Crippen molar-refractivity contribution in [2.75, 3.05) is 19.8 Å². The number of rotatable bonds is 8. The third kappa shape index (κ3) is 4.67. The number of carbonyl (C=O) groups is 1. The number of aromatic nitrogens is 1. The predicted octanol–water partition coefficient (Wildman–Crippen LogP) is 2.30. The fourth-order valence-electron chi connectivity index (χ4n) is 4.08. The van der Waals surface area contributed by atoms with E-state index in [-0.39, 0.29) is 12.6 Å². The van der Waals surface area contributed by atoms with E-state index in [0.717, 1.165) is 16.6 Å². The zero-order valence-corrected chi connectivity index (χ0v) is 17.2. The van der Waals surface area contributed by atoms with Crippen LogP contribution in [0.4, 0.5) is 0 Å². The molecule has 1 atom stereocenters. The maximum absolute atomic E-state index is 12.4. The van der Waals surface area contributed by atoms with Gasteiger partial charge in [0, 0.05) is 23.6 Å². The van der Waals surface area contributed by atoms with Gasteiger partial charge in [-0.15, -0.1) is 0 Å². The van der Waals surface area contributed by atoms with E-state index in [1.807, 2.05) is 36.7 Å². The van der Waals surface area contributed by atoms with Crippen molar-refractivity contribution in [3.05, 3.63) is 29.5 Å². The zero-order valence-electron chi connectivity index (χ0n) is 17.2. The summed E-state index contributed by atoms with van der Waals surface area (Å²) in [5.74, 6) is 0.338. The quantitative estimate of drug-likeness (QED) is 0.679. The van der Waals surface area contributed by atoms with Crippen LogP contribution in [0.5, 0.6) is 5.75 Å². The molecule has 0 saturated heterocycles. The molecule has 0 spiro atoms. The van der Waals surface area contributed by atoms with Gasteiger partial charge >= 0.3 is 5.97 Å². The van der Waals surface area contributed by atoms with E-state index in [2.05, 4.69) is 5.32 Å². The van der Waals surface area contributed by atoms with Crippen LogP contribution in [0.2, 0.25) is 0 Å². The molecule has 0 aliphatic heterocycles. The number of fused-ring (bicyclic) bond motifs is 1. The van der Waals surface area contributed by atoms with Crippen LogP contribution in [-0.4, -0.2) is 47.5 Å². The van der Waals surface area contributed by atoms with Gasteiger partial charge in [-0.2, -0.15) is 0 Å². The Bertz CT molecular complexity index is 808. The Kier molecular flexibility index (Phi) is 6.97. The number of benzene rings is 1. The molecule has 1 heterocycles. The molecule has 6 heteroatoms. The molecule has 0 amide bonds. The first-order valence-corrected chi connectivity index (χ1v) is 10.4. The first kappa shape index (κ1) is 20.7. The highest BCUT2D eigenvalue weighted by molar-refractivity contribution is 6.06. The first-order chi connectivity index (χ1) is 13.5. The lowest BCUT2D eigenvalue weighted by Crippen LogP contribution is -2.92. The summed E-state index contributed by atoms with van der Waals surface area (Å²) >= 11 is 0. The highest BCUT2D eigenvalue weighted by Crippen LogP contribution is 2.29. The summed E-state index contributed by atoms with van der Waals surface area (Å²) in [5.41, 5.74) is 2.41. The maximum Gasteiger partial charge on any atom is 0.340 e. The van der Waals surface area contributed by atoms with E-state index in [9.17, 15) is 9.90 Å². The summed E-state index contributed by atoms with van der Waals surface area (Å²) in [7, 11) is 1.94. The smallest absolute Gasteiger partial charge is 0.340 e. The Labute approximate surface area is 166 Å². The van der Waals surface area contributed by atoms with Gasteiger partial charge < -0.3 is 24.5 Å². The molecule has 2 aromatic rings. The number of nitrogens with two attached hydrogens (primary N) is 1. The minimum absolute atomic E-state index is 0.245. The number of aliphatic hydroxyl groups excluding tert-OH is 1.